The van der Waals surface area contributed by atoms with Crippen molar-refractivity contribution in [2.24, 2.45) is 11.7 Å². The van der Waals surface area contributed by atoms with Crippen LogP contribution in [0.5, 0.6) is 0 Å². The highest BCUT2D eigenvalue weighted by molar-refractivity contribution is 7.37. The summed E-state index contributed by atoms with van der Waals surface area (Å²) in [5.74, 6) is 0.826. The van der Waals surface area contributed by atoms with Gasteiger partial charge in [0.1, 0.15) is 0 Å². The molecule has 0 spiro atoms. The molecule has 1 rings (SSSR count). The summed E-state index contributed by atoms with van der Waals surface area (Å²) in [7, 11) is 1.20. The second-order valence-corrected chi connectivity index (χ2v) is 5.69. The quantitative estimate of drug-likeness (QED) is 0.708. The molecular formula is C14H36NP. The lowest BCUT2D eigenvalue weighted by Gasteiger charge is -1.96. The largest absolute Gasteiger partial charge is 0.325 e. The molecule has 102 valence electrons. The van der Waals surface area contributed by atoms with Crippen LogP contribution in [0.25, 0.3) is 0 Å². The van der Waals surface area contributed by atoms with Crippen LogP contribution in [0.4, 0.5) is 0 Å². The Labute approximate surface area is 107 Å². The van der Waals surface area contributed by atoms with E-state index < -0.39 is 0 Å². The molecule has 0 amide bonds. The van der Waals surface area contributed by atoms with Crippen molar-refractivity contribution in [2.45, 2.75) is 73.8 Å². The van der Waals surface area contributed by atoms with Crippen molar-refractivity contribution >= 4 is 8.58 Å². The fourth-order valence-corrected chi connectivity index (χ4v) is 1.83. The van der Waals surface area contributed by atoms with E-state index in [2.05, 4.69) is 27.7 Å². The van der Waals surface area contributed by atoms with Gasteiger partial charge in [-0.15, -0.1) is 8.58 Å². The Balaban J connectivity index is -0.000000167. The highest BCUT2D eigenvalue weighted by Crippen LogP contribution is 2.42. The van der Waals surface area contributed by atoms with Crippen molar-refractivity contribution in [1.82, 2.24) is 0 Å². The van der Waals surface area contributed by atoms with Gasteiger partial charge in [-0.2, -0.15) is 0 Å². The van der Waals surface area contributed by atoms with Gasteiger partial charge in [0.15, 0.2) is 0 Å². The standard InChI is InChI=1S/C6H13N.C4H11P.2C2H6/c1-3-5-4-6(5,2)7;1-3-5-4-2;2*1-2/h5H,3-4,7H2,1-2H3;5H,3-4H2,1-2H3;2*1-2H3. The van der Waals surface area contributed by atoms with E-state index in [4.69, 9.17) is 5.73 Å². The zero-order chi connectivity index (χ0) is 13.6. The fraction of sp³-hybridized carbons (Fsp3) is 1.00. The van der Waals surface area contributed by atoms with Gasteiger partial charge in [-0.25, -0.2) is 0 Å². The molecule has 2 unspecified atom stereocenters. The van der Waals surface area contributed by atoms with Crippen molar-refractivity contribution in [1.29, 1.82) is 0 Å². The van der Waals surface area contributed by atoms with Crippen LogP contribution in [0.1, 0.15) is 68.2 Å². The van der Waals surface area contributed by atoms with E-state index in [1.165, 1.54) is 33.7 Å². The predicted octanol–water partition coefficient (Wildman–Crippen LogP) is 4.89. The second kappa shape index (κ2) is 15.4. The lowest BCUT2D eigenvalue weighted by molar-refractivity contribution is 0.633. The maximum absolute atomic E-state index is 5.72. The zero-order valence-electron chi connectivity index (χ0n) is 13.0. The van der Waals surface area contributed by atoms with Crippen LogP contribution >= 0.6 is 8.58 Å². The molecule has 0 saturated heterocycles. The van der Waals surface area contributed by atoms with Gasteiger partial charge >= 0.3 is 0 Å². The van der Waals surface area contributed by atoms with Crippen molar-refractivity contribution < 1.29 is 0 Å². The van der Waals surface area contributed by atoms with Crippen molar-refractivity contribution in [2.75, 3.05) is 12.3 Å². The monoisotopic (exact) mass is 249 g/mol. The first kappa shape index (κ1) is 21.7. The minimum absolute atomic E-state index is 0.217. The van der Waals surface area contributed by atoms with Crippen LogP contribution in [0, 0.1) is 5.92 Å². The molecule has 2 heteroatoms. The van der Waals surface area contributed by atoms with E-state index in [-0.39, 0.29) is 5.54 Å². The molecule has 2 N–H and O–H groups in total. The number of rotatable bonds is 3. The zero-order valence-corrected chi connectivity index (χ0v) is 14.0. The van der Waals surface area contributed by atoms with Gasteiger partial charge in [-0.3, -0.25) is 0 Å². The van der Waals surface area contributed by atoms with Gasteiger partial charge in [0.25, 0.3) is 0 Å². The Hall–Kier alpha value is 0.390. The molecule has 0 radical (unpaired) electrons. The molecule has 0 aromatic rings. The van der Waals surface area contributed by atoms with Gasteiger partial charge in [0.05, 0.1) is 0 Å². The van der Waals surface area contributed by atoms with Gasteiger partial charge in [0, 0.05) is 5.54 Å². The summed E-state index contributed by atoms with van der Waals surface area (Å²) in [6, 6.07) is 0. The maximum Gasteiger partial charge on any atom is 0.0158 e. The smallest absolute Gasteiger partial charge is 0.0158 e. The molecule has 1 saturated carbocycles. The lowest BCUT2D eigenvalue weighted by atomic mass is 10.2. The molecule has 1 aliphatic rings. The Kier molecular flexibility index (Phi) is 20.8. The molecule has 1 nitrogen and oxygen atoms in total. The first-order chi connectivity index (χ1) is 7.58. The molecule has 0 aliphatic heterocycles. The van der Waals surface area contributed by atoms with E-state index in [0.29, 0.717) is 0 Å². The van der Waals surface area contributed by atoms with Crippen molar-refractivity contribution in [3.05, 3.63) is 0 Å². The highest BCUT2D eigenvalue weighted by atomic mass is 31.1. The summed E-state index contributed by atoms with van der Waals surface area (Å²) in [5, 5.41) is 0. The lowest BCUT2D eigenvalue weighted by Crippen LogP contribution is -2.18. The molecule has 1 fully saturated rings. The van der Waals surface area contributed by atoms with Gasteiger partial charge in [-0.05, 0) is 31.6 Å². The van der Waals surface area contributed by atoms with E-state index in [1.54, 1.807) is 0 Å². The SMILES string of the molecule is CC.CC.CCC1CC1(C)N.CCPCC. The van der Waals surface area contributed by atoms with E-state index >= 15 is 0 Å². The third-order valence-corrected chi connectivity index (χ3v) is 3.45. The summed E-state index contributed by atoms with van der Waals surface area (Å²) >= 11 is 0. The van der Waals surface area contributed by atoms with Crippen LogP contribution in [-0.4, -0.2) is 17.9 Å². The van der Waals surface area contributed by atoms with Crippen LogP contribution in [0.3, 0.4) is 0 Å². The second-order valence-electron chi connectivity index (χ2n) is 3.77. The van der Waals surface area contributed by atoms with E-state index in [1.807, 2.05) is 27.7 Å². The number of hydrogen-bond acceptors (Lipinski definition) is 1. The average Bonchev–Trinajstić information content (AvgIpc) is 2.94. The van der Waals surface area contributed by atoms with Crippen molar-refractivity contribution in [3.8, 4) is 0 Å². The molecule has 0 bridgehead atoms. The minimum atomic E-state index is 0.217. The Morgan fingerprint density at radius 1 is 1.06 bits per heavy atom. The molecule has 0 heterocycles. The third kappa shape index (κ3) is 14.4. The first-order valence-corrected chi connectivity index (χ1v) is 8.49. The van der Waals surface area contributed by atoms with E-state index in [0.717, 1.165) is 5.92 Å². The maximum atomic E-state index is 5.72. The molecule has 0 aromatic carbocycles. The summed E-state index contributed by atoms with van der Waals surface area (Å²) in [4.78, 5) is 0. The summed E-state index contributed by atoms with van der Waals surface area (Å²) in [6.45, 7) is 16.8. The van der Waals surface area contributed by atoms with Gasteiger partial charge in [0.2, 0.25) is 0 Å². The Morgan fingerprint density at radius 3 is 1.38 bits per heavy atom. The summed E-state index contributed by atoms with van der Waals surface area (Å²) in [6.07, 6.45) is 5.24. The Morgan fingerprint density at radius 2 is 1.38 bits per heavy atom. The third-order valence-electron chi connectivity index (χ3n) is 2.45. The van der Waals surface area contributed by atoms with Crippen molar-refractivity contribution in [3.63, 3.8) is 0 Å². The average molecular weight is 249 g/mol. The van der Waals surface area contributed by atoms with Crippen LogP contribution in [0.2, 0.25) is 0 Å². The van der Waals surface area contributed by atoms with Crippen LogP contribution in [0.15, 0.2) is 0 Å². The fourth-order valence-electron chi connectivity index (χ4n) is 1.33. The van der Waals surface area contributed by atoms with Crippen LogP contribution < -0.4 is 5.73 Å². The van der Waals surface area contributed by atoms with E-state index in [9.17, 15) is 0 Å². The normalized spacial score (nSPS) is 24.9. The molecule has 0 aromatic heterocycles. The summed E-state index contributed by atoms with van der Waals surface area (Å²) < 4.78 is 0. The molecule has 16 heavy (non-hydrogen) atoms. The van der Waals surface area contributed by atoms with Gasteiger partial charge < -0.3 is 5.73 Å². The first-order valence-electron chi connectivity index (χ1n) is 7.08. The predicted molar refractivity (Wildman–Crippen MR) is 83.1 cm³/mol. The number of nitrogens with two attached hydrogens (primary N) is 1. The topological polar surface area (TPSA) is 26.0 Å². The molecule has 2 atom stereocenters. The van der Waals surface area contributed by atoms with Crippen LogP contribution in [-0.2, 0) is 0 Å². The number of hydrogen-bond donors (Lipinski definition) is 1. The molecular weight excluding hydrogens is 213 g/mol. The molecule has 1 aliphatic carbocycles. The summed E-state index contributed by atoms with van der Waals surface area (Å²) in [5.41, 5.74) is 5.94. The van der Waals surface area contributed by atoms with Gasteiger partial charge in [-0.1, -0.05) is 54.9 Å². The Bertz CT molecular complexity index is 111. The highest BCUT2D eigenvalue weighted by Gasteiger charge is 2.44. The minimum Gasteiger partial charge on any atom is -0.325 e.